The standard InChI is InChI=1S/C78H112N24O15/c1-3-44(2)63(72(114)96-54(25-14-36-90-77(84)85)65(107)95-56(32-33-62(104)105)67(109)100-60(74(116)117)41-46-19-8-5-9-20-46)101-68(110)55(26-15-37-91-78(86)87)94-70(112)58(40-47-28-30-49(103)31-29-47)98-71(113)61-27-16-38-102(61)73(115)59(42-48-43-92-52-23-11-10-21-50(48)52)99-66(108)53(24-13-35-89-76(82)83)93-69(111)57(39-45-17-6-4-7-18-45)97-64(106)51(79)22-12-34-88-75(80)81/h4-11,17-21,23,28-31,43-44,51,53-61,63,92,103H,3,12-16,22,24-27,32-42,79H2,1-2H3,(H,93,111)(H,94,112)(H,95,107)(H,96,114)(H,97,106)(H,98,113)(H,99,108)(H,100,109)(H,101,110)(H,104,105)(H,116,117)(H4,80,81,88)(H4,82,83,89)(H4,84,85,90)(H4,86,87,91). The lowest BCUT2D eigenvalue weighted by atomic mass is 9.96. The summed E-state index contributed by atoms with van der Waals surface area (Å²) in [5, 5.41) is 96.2. The van der Waals surface area contributed by atoms with Crippen LogP contribution in [-0.2, 0) is 83.2 Å². The van der Waals surface area contributed by atoms with Gasteiger partial charge in [-0.25, -0.2) is 4.79 Å². The Morgan fingerprint density at radius 1 is 0.470 bits per heavy atom. The number of carbonyl (C=O) groups is 12. The number of rotatable bonds is 49. The molecule has 117 heavy (non-hydrogen) atoms. The number of nitrogens with one attached hydrogen (secondary N) is 18. The highest BCUT2D eigenvalue weighted by Crippen LogP contribution is 2.25. The third-order valence-corrected chi connectivity index (χ3v) is 19.6. The summed E-state index contributed by atoms with van der Waals surface area (Å²) in [4.78, 5) is 177. The average Bonchev–Trinajstić information content (AvgIpc) is 1.68. The van der Waals surface area contributed by atoms with Crippen LogP contribution in [0.3, 0.4) is 0 Å². The summed E-state index contributed by atoms with van der Waals surface area (Å²) in [5.41, 5.74) is 31.3. The summed E-state index contributed by atoms with van der Waals surface area (Å²) in [6, 6.07) is 14.0. The molecule has 1 aliphatic rings. The Labute approximate surface area is 676 Å². The van der Waals surface area contributed by atoms with Crippen molar-refractivity contribution in [3.63, 3.8) is 0 Å². The zero-order chi connectivity index (χ0) is 85.7. The first kappa shape index (κ1) is 92.8. The van der Waals surface area contributed by atoms with Gasteiger partial charge in [-0.3, -0.25) is 74.4 Å². The summed E-state index contributed by atoms with van der Waals surface area (Å²) in [5.74, 6) is -13.9. The van der Waals surface area contributed by atoms with Gasteiger partial charge >= 0.3 is 11.9 Å². The number of phenols is 1. The van der Waals surface area contributed by atoms with Crippen LogP contribution in [0.25, 0.3) is 10.9 Å². The lowest BCUT2D eigenvalue weighted by Crippen LogP contribution is -2.61. The Kier molecular flexibility index (Phi) is 37.7. The first-order valence-electron chi connectivity index (χ1n) is 38.8. The Bertz CT molecular complexity index is 4230. The molecule has 10 amide bonds. The van der Waals surface area contributed by atoms with Gasteiger partial charge in [-0.05, 0) is 117 Å². The topological polar surface area (TPSA) is 666 Å². The smallest absolute Gasteiger partial charge is 0.326 e. The fraction of sp³-hybridized carbons (Fsp3) is 0.462. The number of aromatic amines is 1. The number of nitrogens with two attached hydrogens (primary N) is 5. The number of hydrogen-bond acceptors (Lipinski definition) is 18. The van der Waals surface area contributed by atoms with Gasteiger partial charge in [0.15, 0.2) is 23.8 Å². The maximum atomic E-state index is 15.6. The molecule has 0 aliphatic carbocycles. The van der Waals surface area contributed by atoms with Crippen LogP contribution < -0.4 is 97.8 Å². The van der Waals surface area contributed by atoms with Gasteiger partial charge in [0.1, 0.15) is 66.2 Å². The van der Waals surface area contributed by atoms with Gasteiger partial charge < -0.3 is 123 Å². The summed E-state index contributed by atoms with van der Waals surface area (Å²) < 4.78 is 0. The van der Waals surface area contributed by atoms with Crippen molar-refractivity contribution in [3.8, 4) is 5.75 Å². The number of aromatic nitrogens is 1. The number of H-pyrrole nitrogens is 1. The molecular weight excluding hydrogens is 1510 g/mol. The van der Waals surface area contributed by atoms with Gasteiger partial charge in [0.05, 0.1) is 6.04 Å². The van der Waals surface area contributed by atoms with Crippen LogP contribution in [0.5, 0.6) is 5.75 Å². The number of guanidine groups is 4. The van der Waals surface area contributed by atoms with Crippen molar-refractivity contribution in [2.75, 3.05) is 32.7 Å². The summed E-state index contributed by atoms with van der Waals surface area (Å²) in [7, 11) is 0. The van der Waals surface area contributed by atoms with Gasteiger partial charge in [0.25, 0.3) is 0 Å². The molecule has 4 aromatic carbocycles. The van der Waals surface area contributed by atoms with Crippen LogP contribution in [0.4, 0.5) is 0 Å². The van der Waals surface area contributed by atoms with Gasteiger partial charge in [0, 0.05) is 81.9 Å². The molecule has 1 fully saturated rings. The fourth-order valence-corrected chi connectivity index (χ4v) is 13.1. The van der Waals surface area contributed by atoms with E-state index < -0.39 is 168 Å². The van der Waals surface area contributed by atoms with E-state index in [1.54, 1.807) is 92.8 Å². The molecular formula is C78H112N24O15. The van der Waals surface area contributed by atoms with Crippen LogP contribution >= 0.6 is 0 Å². The minimum Gasteiger partial charge on any atom is -0.508 e. The number of fused-ring (bicyclic) bond motifs is 1. The lowest BCUT2D eigenvalue weighted by molar-refractivity contribution is -0.143. The number of likely N-dealkylation sites (tertiary alicyclic amines) is 1. The molecule has 1 aliphatic heterocycles. The number of phenolic OH excluding ortho intramolecular Hbond substituents is 1. The van der Waals surface area contributed by atoms with E-state index in [9.17, 15) is 48.9 Å². The van der Waals surface area contributed by atoms with Gasteiger partial charge in [-0.2, -0.15) is 0 Å². The van der Waals surface area contributed by atoms with Crippen molar-refractivity contribution in [2.24, 2.45) is 34.6 Å². The van der Waals surface area contributed by atoms with Gasteiger partial charge in [-0.1, -0.05) is 111 Å². The molecule has 5 aromatic rings. The molecule has 0 bridgehead atoms. The number of carboxylic acids is 2. The van der Waals surface area contributed by atoms with Crippen LogP contribution in [0, 0.1) is 27.6 Å². The fourth-order valence-electron chi connectivity index (χ4n) is 13.1. The minimum atomic E-state index is -1.66. The zero-order valence-electron chi connectivity index (χ0n) is 65.5. The summed E-state index contributed by atoms with van der Waals surface area (Å²) in [6.07, 6.45) is 0.520. The molecule has 39 nitrogen and oxygen atoms in total. The molecule has 12 atom stereocenters. The first-order chi connectivity index (χ1) is 55.8. The molecule has 12 unspecified atom stereocenters. The Morgan fingerprint density at radius 3 is 1.35 bits per heavy atom. The van der Waals surface area contributed by atoms with E-state index in [1.165, 1.54) is 29.2 Å². The second-order valence-electron chi connectivity index (χ2n) is 28.7. The van der Waals surface area contributed by atoms with Gasteiger partial charge in [-0.15, -0.1) is 0 Å². The average molecular weight is 1630 g/mol. The molecule has 0 radical (unpaired) electrons. The number of carboxylic acid groups (broad SMARTS) is 2. The Balaban J connectivity index is 1.29. The molecule has 0 spiro atoms. The van der Waals surface area contributed by atoms with Crippen molar-refractivity contribution in [2.45, 2.75) is 189 Å². The van der Waals surface area contributed by atoms with E-state index in [4.69, 9.17) is 50.3 Å². The highest BCUT2D eigenvalue weighted by Gasteiger charge is 2.42. The van der Waals surface area contributed by atoms with Gasteiger partial charge in [0.2, 0.25) is 59.1 Å². The van der Waals surface area contributed by atoms with Crippen molar-refractivity contribution in [3.05, 3.63) is 138 Å². The maximum Gasteiger partial charge on any atom is 0.326 e. The van der Waals surface area contributed by atoms with E-state index in [2.05, 4.69) is 74.1 Å². The molecule has 39 heteroatoms. The number of amides is 10. The largest absolute Gasteiger partial charge is 0.508 e. The highest BCUT2D eigenvalue weighted by molar-refractivity contribution is 6.00. The first-order valence-corrected chi connectivity index (χ1v) is 38.8. The predicted octanol–water partition coefficient (Wildman–Crippen LogP) is -2.13. The predicted molar refractivity (Wildman–Crippen MR) is 435 cm³/mol. The number of benzene rings is 4. The molecule has 0 saturated carbocycles. The maximum absolute atomic E-state index is 15.6. The zero-order valence-corrected chi connectivity index (χ0v) is 65.5. The Morgan fingerprint density at radius 2 is 0.872 bits per heavy atom. The SMILES string of the molecule is CCC(C)C(NC(=O)C(CCCNC(=N)N)NC(=O)C(Cc1ccc(O)cc1)NC(=O)C1CCCN1C(=O)C(Cc1c[nH]c2ccccc12)NC(=O)C(CCCNC(=N)N)NC(=O)C(Cc1ccccc1)NC(=O)C(N)CCCNC(=N)N)C(=O)NC(CCCNC(=N)N)C(=O)NC(CCC(=O)O)C(=O)NC(Cc1ccccc1)C(=O)O. The molecule has 31 N–H and O–H groups in total. The van der Waals surface area contributed by atoms with Crippen LogP contribution in [0.2, 0.25) is 0 Å². The lowest BCUT2D eigenvalue weighted by Gasteiger charge is -2.31. The van der Waals surface area contributed by atoms with Crippen molar-refractivity contribution in [1.82, 2.24) is 79.0 Å². The monoisotopic (exact) mass is 1620 g/mol. The number of aromatic hydroxyl groups is 1. The van der Waals surface area contributed by atoms with Crippen molar-refractivity contribution >= 4 is 106 Å². The minimum absolute atomic E-state index is 0.00110. The quantitative estimate of drug-likeness (QED) is 0.0112. The highest BCUT2D eigenvalue weighted by atomic mass is 16.4. The number of carbonyl (C=O) groups excluding carboxylic acids is 10. The third kappa shape index (κ3) is 31.7. The second-order valence-corrected chi connectivity index (χ2v) is 28.7. The summed E-state index contributed by atoms with van der Waals surface area (Å²) in [6.45, 7) is 3.61. The van der Waals surface area contributed by atoms with E-state index in [1.807, 2.05) is 12.1 Å². The van der Waals surface area contributed by atoms with E-state index in [0.717, 1.165) is 0 Å². The van der Waals surface area contributed by atoms with E-state index in [-0.39, 0.29) is 140 Å². The van der Waals surface area contributed by atoms with E-state index in [0.29, 0.717) is 39.6 Å². The molecule has 6 rings (SSSR count). The molecule has 634 valence electrons. The molecule has 2 heterocycles. The van der Waals surface area contributed by atoms with E-state index >= 15 is 24.0 Å². The number of para-hydroxylation sites is 1. The van der Waals surface area contributed by atoms with Crippen LogP contribution in [0.1, 0.15) is 120 Å². The molecule has 1 saturated heterocycles. The molecule has 1 aromatic heterocycles. The summed E-state index contributed by atoms with van der Waals surface area (Å²) >= 11 is 0. The number of nitrogens with zero attached hydrogens (tertiary/aromatic N) is 1. The number of aliphatic carboxylic acids is 2. The second kappa shape index (κ2) is 47.6. The Hall–Kier alpha value is -13.1. The van der Waals surface area contributed by atoms with Crippen LogP contribution in [0.15, 0.2) is 115 Å². The third-order valence-electron chi connectivity index (χ3n) is 19.6. The van der Waals surface area contributed by atoms with Crippen molar-refractivity contribution < 1.29 is 72.9 Å². The number of hydrogen-bond donors (Lipinski definition) is 26. The van der Waals surface area contributed by atoms with Crippen molar-refractivity contribution in [1.29, 1.82) is 21.6 Å². The normalized spacial score (nSPS) is 15.1. The van der Waals surface area contributed by atoms with Crippen LogP contribution in [-0.4, -0.2) is 219 Å².